The molecule has 1 aliphatic heterocycles. The number of hydrogen-bond acceptors (Lipinski definition) is 6. The minimum atomic E-state index is 0.217. The Kier molecular flexibility index (Phi) is 6.11. The van der Waals surface area contributed by atoms with Crippen LogP contribution in [0.5, 0.6) is 11.5 Å². The monoisotopic (exact) mass is 370 g/mol. The lowest BCUT2D eigenvalue weighted by molar-refractivity contribution is -0.129. The average molecular weight is 370 g/mol. The second-order valence-electron chi connectivity index (χ2n) is 6.61. The number of hydrogen-bond donors (Lipinski definition) is 0. The molecule has 0 aliphatic carbocycles. The summed E-state index contributed by atoms with van der Waals surface area (Å²) in [5, 5.41) is 8.63. The Hall–Kier alpha value is -2.83. The molecule has 0 radical (unpaired) electrons. The number of anilines is 1. The Morgan fingerprint density at radius 1 is 1.07 bits per heavy atom. The molecule has 1 fully saturated rings. The van der Waals surface area contributed by atoms with Crippen LogP contribution in [-0.2, 0) is 4.79 Å². The number of ether oxygens (including phenoxy) is 2. The summed E-state index contributed by atoms with van der Waals surface area (Å²) in [4.78, 5) is 16.1. The summed E-state index contributed by atoms with van der Waals surface area (Å²) in [7, 11) is 5.14. The Morgan fingerprint density at radius 3 is 2.44 bits per heavy atom. The van der Waals surface area contributed by atoms with Crippen molar-refractivity contribution in [3.8, 4) is 22.8 Å². The van der Waals surface area contributed by atoms with E-state index in [2.05, 4.69) is 10.2 Å². The van der Waals surface area contributed by atoms with Crippen molar-refractivity contribution in [2.24, 2.45) is 0 Å². The first-order valence-corrected chi connectivity index (χ1v) is 9.17. The van der Waals surface area contributed by atoms with E-state index in [0.29, 0.717) is 24.5 Å². The van der Waals surface area contributed by atoms with Crippen molar-refractivity contribution in [2.75, 3.05) is 45.8 Å². The van der Waals surface area contributed by atoms with Gasteiger partial charge in [-0.25, -0.2) is 0 Å². The summed E-state index contributed by atoms with van der Waals surface area (Å²) < 4.78 is 10.6. The third-order valence-electron chi connectivity index (χ3n) is 4.84. The molecule has 1 amide bonds. The zero-order chi connectivity index (χ0) is 19.2. The predicted octanol–water partition coefficient (Wildman–Crippen LogP) is 2.61. The third kappa shape index (κ3) is 4.48. The summed E-state index contributed by atoms with van der Waals surface area (Å²) >= 11 is 0. The van der Waals surface area contributed by atoms with E-state index in [1.54, 1.807) is 14.2 Å². The lowest BCUT2D eigenvalue weighted by atomic mass is 10.1. The van der Waals surface area contributed by atoms with Crippen LogP contribution in [0.2, 0.25) is 0 Å². The zero-order valence-electron chi connectivity index (χ0n) is 16.1. The fourth-order valence-corrected chi connectivity index (χ4v) is 3.18. The van der Waals surface area contributed by atoms with E-state index < -0.39 is 0 Å². The largest absolute Gasteiger partial charge is 0.493 e. The molecule has 0 N–H and O–H groups in total. The minimum absolute atomic E-state index is 0.217. The fraction of sp³-hybridized carbons (Fsp3) is 0.450. The van der Waals surface area contributed by atoms with E-state index in [9.17, 15) is 4.79 Å². The molecule has 0 bridgehead atoms. The van der Waals surface area contributed by atoms with E-state index in [0.717, 1.165) is 43.0 Å². The molecule has 7 nitrogen and oxygen atoms in total. The summed E-state index contributed by atoms with van der Waals surface area (Å²) in [5.74, 6) is 2.29. The molecule has 144 valence electrons. The molecule has 3 rings (SSSR count). The summed E-state index contributed by atoms with van der Waals surface area (Å²) in [5.41, 5.74) is 1.65. The van der Waals surface area contributed by atoms with Gasteiger partial charge in [0.15, 0.2) is 17.3 Å². The number of methoxy groups -OCH3 is 2. The molecule has 2 aromatic rings. The standard InChI is InChI=1S/C20H26N4O3/c1-23(13-10-20(25)24-11-4-5-12-24)19-9-7-16(21-22-19)15-6-8-17(26-2)18(14-15)27-3/h6-9,14H,4-5,10-13H2,1-3H3. The maximum absolute atomic E-state index is 12.2. The average Bonchev–Trinajstić information content (AvgIpc) is 3.26. The lowest BCUT2D eigenvalue weighted by Gasteiger charge is -2.20. The van der Waals surface area contributed by atoms with E-state index in [1.807, 2.05) is 47.2 Å². The molecule has 1 aromatic carbocycles. The van der Waals surface area contributed by atoms with Gasteiger partial charge >= 0.3 is 0 Å². The van der Waals surface area contributed by atoms with Gasteiger partial charge in [-0.05, 0) is 43.2 Å². The Labute approximate surface area is 159 Å². The van der Waals surface area contributed by atoms with Crippen molar-refractivity contribution in [1.82, 2.24) is 15.1 Å². The van der Waals surface area contributed by atoms with Gasteiger partial charge in [0.2, 0.25) is 5.91 Å². The number of carbonyl (C=O) groups is 1. The number of nitrogens with zero attached hydrogens (tertiary/aromatic N) is 4. The first-order chi connectivity index (χ1) is 13.1. The highest BCUT2D eigenvalue weighted by Crippen LogP contribution is 2.31. The Bertz CT molecular complexity index is 773. The van der Waals surface area contributed by atoms with Gasteiger partial charge in [-0.1, -0.05) is 0 Å². The first-order valence-electron chi connectivity index (χ1n) is 9.17. The zero-order valence-corrected chi connectivity index (χ0v) is 16.1. The molecule has 0 saturated carbocycles. The smallest absolute Gasteiger partial charge is 0.224 e. The van der Waals surface area contributed by atoms with Crippen molar-refractivity contribution >= 4 is 11.7 Å². The van der Waals surface area contributed by atoms with Crippen LogP contribution in [0.1, 0.15) is 19.3 Å². The van der Waals surface area contributed by atoms with Crippen molar-refractivity contribution in [3.63, 3.8) is 0 Å². The predicted molar refractivity (Wildman–Crippen MR) is 104 cm³/mol. The van der Waals surface area contributed by atoms with Crippen LogP contribution in [0, 0.1) is 0 Å². The molecular weight excluding hydrogens is 344 g/mol. The fourth-order valence-electron chi connectivity index (χ4n) is 3.18. The van der Waals surface area contributed by atoms with E-state index in [1.165, 1.54) is 0 Å². The summed E-state index contributed by atoms with van der Waals surface area (Å²) in [6.45, 7) is 2.41. The number of carbonyl (C=O) groups excluding carboxylic acids is 1. The van der Waals surface area contributed by atoms with Gasteiger partial charge in [-0.15, -0.1) is 10.2 Å². The van der Waals surface area contributed by atoms with Crippen LogP contribution < -0.4 is 14.4 Å². The van der Waals surface area contributed by atoms with Crippen molar-refractivity contribution in [1.29, 1.82) is 0 Å². The second kappa shape index (κ2) is 8.70. The van der Waals surface area contributed by atoms with Crippen LogP contribution in [-0.4, -0.2) is 61.9 Å². The Morgan fingerprint density at radius 2 is 1.81 bits per heavy atom. The van der Waals surface area contributed by atoms with Crippen LogP contribution in [0.3, 0.4) is 0 Å². The van der Waals surface area contributed by atoms with Crippen LogP contribution in [0.4, 0.5) is 5.82 Å². The maximum Gasteiger partial charge on any atom is 0.224 e. The van der Waals surface area contributed by atoms with Gasteiger partial charge in [0.1, 0.15) is 0 Å². The third-order valence-corrected chi connectivity index (χ3v) is 4.84. The highest BCUT2D eigenvalue weighted by molar-refractivity contribution is 5.77. The van der Waals surface area contributed by atoms with Gasteiger partial charge in [-0.2, -0.15) is 0 Å². The SMILES string of the molecule is COc1ccc(-c2ccc(N(C)CCC(=O)N3CCCC3)nn2)cc1OC. The summed E-state index contributed by atoms with van der Waals surface area (Å²) in [6.07, 6.45) is 2.73. The molecule has 27 heavy (non-hydrogen) atoms. The number of amides is 1. The van der Waals surface area contributed by atoms with Gasteiger partial charge in [0.05, 0.1) is 19.9 Å². The van der Waals surface area contributed by atoms with E-state index >= 15 is 0 Å². The normalized spacial score (nSPS) is 13.5. The maximum atomic E-state index is 12.2. The minimum Gasteiger partial charge on any atom is -0.493 e. The molecule has 1 saturated heterocycles. The van der Waals surface area contributed by atoms with E-state index in [4.69, 9.17) is 9.47 Å². The highest BCUT2D eigenvalue weighted by Gasteiger charge is 2.18. The van der Waals surface area contributed by atoms with Gasteiger partial charge < -0.3 is 19.3 Å². The molecule has 2 heterocycles. The molecule has 0 atom stereocenters. The number of benzene rings is 1. The molecular formula is C20H26N4O3. The van der Waals surface area contributed by atoms with Gasteiger partial charge in [0.25, 0.3) is 0 Å². The van der Waals surface area contributed by atoms with Crippen molar-refractivity contribution in [2.45, 2.75) is 19.3 Å². The van der Waals surface area contributed by atoms with Crippen molar-refractivity contribution in [3.05, 3.63) is 30.3 Å². The summed E-state index contributed by atoms with van der Waals surface area (Å²) in [6, 6.07) is 9.48. The Balaban J connectivity index is 1.63. The quantitative estimate of drug-likeness (QED) is 0.746. The lowest BCUT2D eigenvalue weighted by Crippen LogP contribution is -2.31. The molecule has 0 unspecified atom stereocenters. The number of aromatic nitrogens is 2. The first kappa shape index (κ1) is 18.9. The molecule has 1 aromatic heterocycles. The number of rotatable bonds is 7. The van der Waals surface area contributed by atoms with Crippen LogP contribution >= 0.6 is 0 Å². The van der Waals surface area contributed by atoms with Gasteiger partial charge in [0, 0.05) is 38.7 Å². The van der Waals surface area contributed by atoms with Crippen LogP contribution in [0.15, 0.2) is 30.3 Å². The second-order valence-corrected chi connectivity index (χ2v) is 6.61. The highest BCUT2D eigenvalue weighted by atomic mass is 16.5. The van der Waals surface area contributed by atoms with Crippen molar-refractivity contribution < 1.29 is 14.3 Å². The molecule has 1 aliphatic rings. The van der Waals surface area contributed by atoms with Crippen LogP contribution in [0.25, 0.3) is 11.3 Å². The molecule has 7 heteroatoms. The number of likely N-dealkylation sites (tertiary alicyclic amines) is 1. The van der Waals surface area contributed by atoms with Gasteiger partial charge in [-0.3, -0.25) is 4.79 Å². The van der Waals surface area contributed by atoms with E-state index in [-0.39, 0.29) is 5.91 Å². The topological polar surface area (TPSA) is 67.8 Å². The molecule has 0 spiro atoms.